The van der Waals surface area contributed by atoms with Crippen molar-refractivity contribution in [3.63, 3.8) is 0 Å². The molecule has 0 saturated carbocycles. The number of carbonyl (C=O) groups is 1. The molecule has 3 aromatic rings. The maximum Gasteiger partial charge on any atom is 0.358 e. The van der Waals surface area contributed by atoms with Gasteiger partial charge in [-0.05, 0) is 23.8 Å². The fourth-order valence-electron chi connectivity index (χ4n) is 2.12. The summed E-state index contributed by atoms with van der Waals surface area (Å²) in [6.45, 7) is 0.296. The highest BCUT2D eigenvalue weighted by molar-refractivity contribution is 9.10. The van der Waals surface area contributed by atoms with Gasteiger partial charge in [0.1, 0.15) is 6.61 Å². The van der Waals surface area contributed by atoms with Crippen LogP contribution in [-0.4, -0.2) is 16.1 Å². The molecule has 4 nitrogen and oxygen atoms in total. The minimum atomic E-state index is -1.11. The topological polar surface area (TPSA) is 59.4 Å². The molecule has 0 spiro atoms. The minimum absolute atomic E-state index is 0.0819. The Morgan fingerprint density at radius 1 is 1.14 bits per heavy atom. The highest BCUT2D eigenvalue weighted by atomic mass is 79.9. The largest absolute Gasteiger partial charge is 0.486 e. The summed E-state index contributed by atoms with van der Waals surface area (Å²) in [5, 5.41) is 10.2. The SMILES string of the molecule is O=C(O)c1nc2cc(Br)ccc2cc1OCc1ccccc1. The number of pyridine rings is 1. The Bertz CT molecular complexity index is 834. The number of fused-ring (bicyclic) bond motifs is 1. The van der Waals surface area contributed by atoms with Crippen molar-refractivity contribution in [1.29, 1.82) is 0 Å². The van der Waals surface area contributed by atoms with Crippen LogP contribution >= 0.6 is 15.9 Å². The molecule has 0 bridgehead atoms. The van der Waals surface area contributed by atoms with Gasteiger partial charge in [0.15, 0.2) is 11.4 Å². The molecule has 0 unspecified atom stereocenters. The molecule has 5 heteroatoms. The standard InChI is InChI=1S/C17H12BrNO3/c18-13-7-6-12-8-15(16(17(20)21)19-14(12)9-13)22-10-11-4-2-1-3-5-11/h1-9H,10H2,(H,20,21). The van der Waals surface area contributed by atoms with Crippen LogP contribution in [0.3, 0.4) is 0 Å². The number of benzene rings is 2. The van der Waals surface area contributed by atoms with Gasteiger partial charge in [-0.25, -0.2) is 9.78 Å². The Labute approximate surface area is 135 Å². The normalized spacial score (nSPS) is 10.6. The molecule has 0 atom stereocenters. The van der Waals surface area contributed by atoms with Gasteiger partial charge >= 0.3 is 5.97 Å². The highest BCUT2D eigenvalue weighted by Gasteiger charge is 2.15. The van der Waals surface area contributed by atoms with Gasteiger partial charge in [-0.15, -0.1) is 0 Å². The molecule has 0 aliphatic carbocycles. The van der Waals surface area contributed by atoms with E-state index in [9.17, 15) is 9.90 Å². The first-order valence-electron chi connectivity index (χ1n) is 6.64. The first-order valence-corrected chi connectivity index (χ1v) is 7.43. The van der Waals surface area contributed by atoms with Crippen molar-refractivity contribution in [2.75, 3.05) is 0 Å². The van der Waals surface area contributed by atoms with Gasteiger partial charge in [-0.2, -0.15) is 0 Å². The predicted octanol–water partition coefficient (Wildman–Crippen LogP) is 4.27. The molecule has 2 aromatic carbocycles. The van der Waals surface area contributed by atoms with E-state index in [-0.39, 0.29) is 11.4 Å². The van der Waals surface area contributed by atoms with Crippen LogP contribution in [0.25, 0.3) is 10.9 Å². The van der Waals surface area contributed by atoms with E-state index in [1.54, 1.807) is 12.1 Å². The number of hydrogen-bond donors (Lipinski definition) is 1. The van der Waals surface area contributed by atoms with Crippen molar-refractivity contribution >= 4 is 32.8 Å². The van der Waals surface area contributed by atoms with Crippen LogP contribution in [0, 0.1) is 0 Å². The van der Waals surface area contributed by atoms with E-state index in [1.807, 2.05) is 42.5 Å². The Morgan fingerprint density at radius 2 is 1.91 bits per heavy atom. The summed E-state index contributed by atoms with van der Waals surface area (Å²) in [5.41, 5.74) is 1.50. The number of aromatic nitrogens is 1. The Balaban J connectivity index is 1.98. The predicted molar refractivity (Wildman–Crippen MR) is 87.2 cm³/mol. The summed E-state index contributed by atoms with van der Waals surface area (Å²) in [5.74, 6) is -0.837. The number of ether oxygens (including phenoxy) is 1. The summed E-state index contributed by atoms with van der Waals surface area (Å²) >= 11 is 3.36. The number of carboxylic acid groups (broad SMARTS) is 1. The van der Waals surface area contributed by atoms with Crippen LogP contribution in [0.4, 0.5) is 0 Å². The Morgan fingerprint density at radius 3 is 2.64 bits per heavy atom. The van der Waals surface area contributed by atoms with Crippen molar-refractivity contribution in [3.05, 3.63) is 70.3 Å². The van der Waals surface area contributed by atoms with Crippen LogP contribution in [0.15, 0.2) is 59.1 Å². The maximum absolute atomic E-state index is 11.4. The van der Waals surface area contributed by atoms with E-state index in [0.717, 1.165) is 15.4 Å². The molecular formula is C17H12BrNO3. The van der Waals surface area contributed by atoms with Crippen LogP contribution < -0.4 is 4.74 Å². The van der Waals surface area contributed by atoms with E-state index >= 15 is 0 Å². The summed E-state index contributed by atoms with van der Waals surface area (Å²) in [7, 11) is 0. The monoisotopic (exact) mass is 357 g/mol. The average Bonchev–Trinajstić information content (AvgIpc) is 2.53. The van der Waals surface area contributed by atoms with Crippen molar-refractivity contribution < 1.29 is 14.6 Å². The zero-order valence-electron chi connectivity index (χ0n) is 11.5. The van der Waals surface area contributed by atoms with Crippen LogP contribution in [0.2, 0.25) is 0 Å². The van der Waals surface area contributed by atoms with E-state index < -0.39 is 5.97 Å². The molecule has 1 N–H and O–H groups in total. The quantitative estimate of drug-likeness (QED) is 0.757. The van der Waals surface area contributed by atoms with Crippen LogP contribution in [-0.2, 0) is 6.61 Å². The zero-order chi connectivity index (χ0) is 15.5. The second-order valence-corrected chi connectivity index (χ2v) is 5.67. The van der Waals surface area contributed by atoms with Gasteiger partial charge in [0, 0.05) is 9.86 Å². The van der Waals surface area contributed by atoms with E-state index in [2.05, 4.69) is 20.9 Å². The highest BCUT2D eigenvalue weighted by Crippen LogP contribution is 2.26. The first-order chi connectivity index (χ1) is 10.6. The van der Waals surface area contributed by atoms with Crippen LogP contribution in [0.1, 0.15) is 16.1 Å². The third-order valence-electron chi connectivity index (χ3n) is 3.18. The summed E-state index contributed by atoms with van der Waals surface area (Å²) in [6.07, 6.45) is 0. The van der Waals surface area contributed by atoms with Crippen molar-refractivity contribution in [1.82, 2.24) is 4.98 Å². The van der Waals surface area contributed by atoms with Crippen LogP contribution in [0.5, 0.6) is 5.75 Å². The third kappa shape index (κ3) is 3.09. The summed E-state index contributed by atoms with van der Waals surface area (Å²) < 4.78 is 6.52. The first kappa shape index (κ1) is 14.5. The second-order valence-electron chi connectivity index (χ2n) is 4.75. The lowest BCUT2D eigenvalue weighted by atomic mass is 10.2. The lowest BCUT2D eigenvalue weighted by molar-refractivity contribution is 0.0685. The second kappa shape index (κ2) is 6.15. The number of carboxylic acids is 1. The molecule has 0 amide bonds. The molecule has 0 aliphatic heterocycles. The van der Waals surface area contributed by atoms with E-state index in [0.29, 0.717) is 12.1 Å². The average molecular weight is 358 g/mol. The van der Waals surface area contributed by atoms with Gasteiger partial charge in [0.25, 0.3) is 0 Å². The third-order valence-corrected chi connectivity index (χ3v) is 3.68. The van der Waals surface area contributed by atoms with Crippen molar-refractivity contribution in [3.8, 4) is 5.75 Å². The Hall–Kier alpha value is -2.40. The zero-order valence-corrected chi connectivity index (χ0v) is 13.1. The molecule has 0 fully saturated rings. The summed E-state index contributed by atoms with van der Waals surface area (Å²) in [4.78, 5) is 15.6. The Kier molecular flexibility index (Phi) is 4.06. The van der Waals surface area contributed by atoms with E-state index in [4.69, 9.17) is 4.74 Å². The smallest absolute Gasteiger partial charge is 0.358 e. The number of hydrogen-bond acceptors (Lipinski definition) is 3. The van der Waals surface area contributed by atoms with Crippen molar-refractivity contribution in [2.24, 2.45) is 0 Å². The van der Waals surface area contributed by atoms with Gasteiger partial charge in [0.05, 0.1) is 5.52 Å². The van der Waals surface area contributed by atoms with Gasteiger partial charge in [-0.1, -0.05) is 52.3 Å². The molecule has 0 aliphatic rings. The number of halogens is 1. The van der Waals surface area contributed by atoms with E-state index in [1.165, 1.54) is 0 Å². The molecule has 3 rings (SSSR count). The molecule has 0 saturated heterocycles. The molecule has 1 heterocycles. The molecular weight excluding hydrogens is 346 g/mol. The lowest BCUT2D eigenvalue weighted by Gasteiger charge is -2.10. The summed E-state index contributed by atoms with van der Waals surface area (Å²) in [6, 6.07) is 16.8. The maximum atomic E-state index is 11.4. The molecule has 110 valence electrons. The molecule has 1 aromatic heterocycles. The fraction of sp³-hybridized carbons (Fsp3) is 0.0588. The minimum Gasteiger partial charge on any atom is -0.486 e. The van der Waals surface area contributed by atoms with Gasteiger partial charge < -0.3 is 9.84 Å². The lowest BCUT2D eigenvalue weighted by Crippen LogP contribution is -2.06. The van der Waals surface area contributed by atoms with Gasteiger partial charge in [0.2, 0.25) is 0 Å². The number of aromatic carboxylic acids is 1. The molecule has 0 radical (unpaired) electrons. The van der Waals surface area contributed by atoms with Crippen molar-refractivity contribution in [2.45, 2.75) is 6.61 Å². The number of nitrogens with zero attached hydrogens (tertiary/aromatic N) is 1. The van der Waals surface area contributed by atoms with Gasteiger partial charge in [-0.3, -0.25) is 0 Å². The fourth-order valence-corrected chi connectivity index (χ4v) is 2.47. The molecule has 22 heavy (non-hydrogen) atoms. The number of rotatable bonds is 4.